The number of carboxylic acids is 1. The maximum absolute atomic E-state index is 15.4. The molecule has 9 nitrogen and oxygen atoms in total. The van der Waals surface area contributed by atoms with Gasteiger partial charge in [0.2, 0.25) is 0 Å². The lowest BCUT2D eigenvalue weighted by Gasteiger charge is -2.60. The van der Waals surface area contributed by atoms with Gasteiger partial charge in [-0.15, -0.1) is 0 Å². The predicted octanol–water partition coefficient (Wildman–Crippen LogP) is 6.85. The van der Waals surface area contributed by atoms with Gasteiger partial charge in [-0.25, -0.2) is 14.2 Å². The van der Waals surface area contributed by atoms with E-state index in [2.05, 4.69) is 15.4 Å². The molecule has 0 radical (unpaired) electrons. The number of hydrogen-bond donors (Lipinski definition) is 3. The maximum atomic E-state index is 15.4. The Labute approximate surface area is 243 Å². The number of likely N-dealkylation sites (tertiary alicyclic amines) is 1. The van der Waals surface area contributed by atoms with Crippen molar-refractivity contribution in [1.82, 2.24) is 19.7 Å². The molecule has 3 heterocycles. The molecule has 0 aromatic carbocycles. The van der Waals surface area contributed by atoms with Crippen LogP contribution >= 0.6 is 0 Å². The first-order chi connectivity index (χ1) is 18.5. The highest BCUT2D eigenvalue weighted by molar-refractivity contribution is 5.78. The molecule has 1 aliphatic heterocycles. The highest BCUT2D eigenvalue weighted by Gasteiger charge is 2.64. The molecule has 0 saturated carbocycles. The summed E-state index contributed by atoms with van der Waals surface area (Å²) in [6.45, 7) is 23.3. The van der Waals surface area contributed by atoms with Crippen molar-refractivity contribution in [2.24, 2.45) is 28.1 Å². The van der Waals surface area contributed by atoms with E-state index in [1.165, 1.54) is 4.90 Å². The second-order valence-electron chi connectivity index (χ2n) is 14.9. The Morgan fingerprint density at radius 2 is 1.63 bits per heavy atom. The molecule has 41 heavy (non-hydrogen) atoms. The molecule has 228 valence electrons. The first kappa shape index (κ1) is 32.3. The van der Waals surface area contributed by atoms with Crippen molar-refractivity contribution >= 4 is 23.7 Å². The second kappa shape index (κ2) is 10.6. The summed E-state index contributed by atoms with van der Waals surface area (Å²) in [5.41, 5.74) is -1.10. The molecule has 0 aliphatic carbocycles. The predicted molar refractivity (Wildman–Crippen MR) is 158 cm³/mol. The average molecular weight is 574 g/mol. The van der Waals surface area contributed by atoms with Gasteiger partial charge in [0.05, 0.1) is 11.0 Å². The number of aryl methyl sites for hydroxylation is 2. The highest BCUT2D eigenvalue weighted by atomic mass is 19.1. The van der Waals surface area contributed by atoms with Crippen LogP contribution in [-0.2, 0) is 16.8 Å². The number of anilines is 2. The Balaban J connectivity index is 2.21. The van der Waals surface area contributed by atoms with E-state index < -0.39 is 52.0 Å². The number of carbonyl (C=O) groups is 2. The highest BCUT2D eigenvalue weighted by Crippen LogP contribution is 2.58. The van der Waals surface area contributed by atoms with Crippen LogP contribution in [0.25, 0.3) is 0 Å². The van der Waals surface area contributed by atoms with Crippen molar-refractivity contribution in [2.45, 2.75) is 101 Å². The molecule has 1 saturated heterocycles. The number of rotatable bonds is 5. The summed E-state index contributed by atoms with van der Waals surface area (Å²) in [6.07, 6.45) is -1.04. The number of aliphatic carboxylic acids is 1. The van der Waals surface area contributed by atoms with Gasteiger partial charge < -0.3 is 20.4 Å². The van der Waals surface area contributed by atoms with Crippen LogP contribution in [0.2, 0.25) is 0 Å². The van der Waals surface area contributed by atoms with Crippen LogP contribution in [0.15, 0.2) is 12.1 Å². The largest absolute Gasteiger partial charge is 0.481 e. The number of pyridine rings is 1. The molecule has 0 spiro atoms. The lowest BCUT2D eigenvalue weighted by Crippen LogP contribution is -2.68. The van der Waals surface area contributed by atoms with E-state index in [9.17, 15) is 19.8 Å². The number of nitrogens with one attached hydrogen (secondary N) is 1. The maximum Gasteiger partial charge on any atom is 0.407 e. The Morgan fingerprint density at radius 1 is 1.05 bits per heavy atom. The van der Waals surface area contributed by atoms with Crippen molar-refractivity contribution < 1.29 is 24.2 Å². The molecule has 4 atom stereocenters. The molecule has 3 N–H and O–H groups in total. The third-order valence-corrected chi connectivity index (χ3v) is 8.59. The standard InChI is InChI=1S/C31H48FN5O4/c1-17-13-20(33-25(23(17)32)34-22-14-18(2)37(35-22)30(10,11)12)15-31(26(38)39)21(28(4,5)6)16-36(27(40)41)19(3)24(31)29(7,8)9/h13-14,19,21,24H,15-16H2,1-12H3,(H,38,39)(H,40,41)(H,33,34,35)/t19-,21?,24?,31-/m1/s1. The minimum atomic E-state index is -1.37. The van der Waals surface area contributed by atoms with Gasteiger partial charge in [-0.05, 0) is 69.9 Å². The second-order valence-corrected chi connectivity index (χ2v) is 14.9. The third-order valence-electron chi connectivity index (χ3n) is 8.59. The van der Waals surface area contributed by atoms with Gasteiger partial charge in [-0.2, -0.15) is 5.10 Å². The minimum Gasteiger partial charge on any atom is -0.481 e. The van der Waals surface area contributed by atoms with Crippen LogP contribution in [0.1, 0.15) is 86.2 Å². The Bertz CT molecular complexity index is 1320. The summed E-state index contributed by atoms with van der Waals surface area (Å²) in [5.74, 6) is -2.21. The number of aromatic nitrogens is 3. The first-order valence-corrected chi connectivity index (χ1v) is 14.2. The van der Waals surface area contributed by atoms with Gasteiger partial charge >= 0.3 is 12.1 Å². The third kappa shape index (κ3) is 6.06. The number of amides is 1. The molecule has 10 heteroatoms. The zero-order valence-corrected chi connectivity index (χ0v) is 26.7. The fourth-order valence-electron chi connectivity index (χ4n) is 7.27. The average Bonchev–Trinajstić information content (AvgIpc) is 3.15. The molecular weight excluding hydrogens is 525 g/mol. The number of piperidine rings is 1. The van der Waals surface area contributed by atoms with E-state index in [4.69, 9.17) is 0 Å². The van der Waals surface area contributed by atoms with Crippen LogP contribution in [0.4, 0.5) is 20.8 Å². The molecule has 3 rings (SSSR count). The van der Waals surface area contributed by atoms with Crippen molar-refractivity contribution in [2.75, 3.05) is 11.9 Å². The summed E-state index contributed by atoms with van der Waals surface area (Å²) < 4.78 is 17.3. The fraction of sp³-hybridized carbons (Fsp3) is 0.677. The lowest BCUT2D eigenvalue weighted by atomic mass is 9.48. The normalized spacial score (nSPS) is 23.9. The topological polar surface area (TPSA) is 121 Å². The van der Waals surface area contributed by atoms with E-state index in [-0.39, 0.29) is 24.3 Å². The SMILES string of the molecule is Cc1cc(C[C@@]2(C(=O)O)C(C(C)(C)C)CN(C(=O)O)[C@H](C)C2C(C)(C)C)nc(Nc2cc(C)n(C(C)(C)C)n2)c1F. The van der Waals surface area contributed by atoms with E-state index >= 15 is 4.39 Å². The van der Waals surface area contributed by atoms with Gasteiger partial charge in [0.1, 0.15) is 0 Å². The summed E-state index contributed by atoms with van der Waals surface area (Å²) in [5, 5.41) is 28.8. The molecule has 2 aromatic heterocycles. The lowest BCUT2D eigenvalue weighted by molar-refractivity contribution is -0.184. The summed E-state index contributed by atoms with van der Waals surface area (Å²) >= 11 is 0. The molecular formula is C31H48FN5O4. The fourth-order valence-corrected chi connectivity index (χ4v) is 7.27. The Kier molecular flexibility index (Phi) is 8.35. The molecule has 1 aliphatic rings. The number of nitrogens with zero attached hydrogens (tertiary/aromatic N) is 4. The van der Waals surface area contributed by atoms with E-state index in [1.807, 2.05) is 80.0 Å². The van der Waals surface area contributed by atoms with Crippen molar-refractivity contribution in [3.05, 3.63) is 34.9 Å². The van der Waals surface area contributed by atoms with Gasteiger partial charge in [-0.3, -0.25) is 9.48 Å². The van der Waals surface area contributed by atoms with E-state index in [0.29, 0.717) is 17.1 Å². The van der Waals surface area contributed by atoms with Crippen LogP contribution in [0.3, 0.4) is 0 Å². The molecule has 1 fully saturated rings. The monoisotopic (exact) mass is 573 g/mol. The zero-order chi connectivity index (χ0) is 31.5. The number of halogens is 1. The van der Waals surface area contributed by atoms with Crippen LogP contribution in [-0.4, -0.2) is 54.5 Å². The van der Waals surface area contributed by atoms with E-state index in [1.54, 1.807) is 19.9 Å². The smallest absolute Gasteiger partial charge is 0.407 e. The van der Waals surface area contributed by atoms with Crippen molar-refractivity contribution in [3.8, 4) is 0 Å². The quantitative estimate of drug-likeness (QED) is 0.358. The van der Waals surface area contributed by atoms with Gasteiger partial charge in [0.15, 0.2) is 17.5 Å². The van der Waals surface area contributed by atoms with Crippen LogP contribution in [0, 0.1) is 47.7 Å². The Morgan fingerprint density at radius 3 is 2.07 bits per heavy atom. The first-order valence-electron chi connectivity index (χ1n) is 14.2. The molecule has 2 aromatic rings. The van der Waals surface area contributed by atoms with Crippen molar-refractivity contribution in [3.63, 3.8) is 0 Å². The van der Waals surface area contributed by atoms with Crippen LogP contribution < -0.4 is 5.32 Å². The zero-order valence-electron chi connectivity index (χ0n) is 26.7. The van der Waals surface area contributed by atoms with Gasteiger partial charge in [0, 0.05) is 42.4 Å². The van der Waals surface area contributed by atoms with E-state index in [0.717, 1.165) is 5.69 Å². The summed E-state index contributed by atoms with van der Waals surface area (Å²) in [4.78, 5) is 31.9. The molecule has 1 amide bonds. The van der Waals surface area contributed by atoms with Crippen LogP contribution in [0.5, 0.6) is 0 Å². The number of hydrogen-bond acceptors (Lipinski definition) is 5. The molecule has 0 bridgehead atoms. The molecule has 2 unspecified atom stereocenters. The number of carboxylic acid groups (broad SMARTS) is 2. The summed E-state index contributed by atoms with van der Waals surface area (Å²) in [7, 11) is 0. The van der Waals surface area contributed by atoms with Gasteiger partial charge in [0.25, 0.3) is 0 Å². The van der Waals surface area contributed by atoms with Crippen molar-refractivity contribution in [1.29, 1.82) is 0 Å². The Hall–Kier alpha value is -3.17. The van der Waals surface area contributed by atoms with Gasteiger partial charge in [-0.1, -0.05) is 41.5 Å². The summed E-state index contributed by atoms with van der Waals surface area (Å²) in [6, 6.07) is 2.87. The minimum absolute atomic E-state index is 0.0188.